The molecule has 1 atom stereocenters. The Kier molecular flexibility index (Phi) is 6.11. The molecule has 0 aromatic rings. The molecule has 1 heterocycles. The second kappa shape index (κ2) is 7.85. The number of aliphatic hydroxyl groups excluding tert-OH is 1. The maximum absolute atomic E-state index is 12.3. The van der Waals surface area contributed by atoms with Crippen molar-refractivity contribution in [2.24, 2.45) is 0 Å². The molecular formula is C15H27NO3. The van der Waals surface area contributed by atoms with Crippen molar-refractivity contribution in [3.8, 4) is 0 Å². The molecule has 19 heavy (non-hydrogen) atoms. The molecule has 2 fully saturated rings. The summed E-state index contributed by atoms with van der Waals surface area (Å²) in [5, 5.41) is 9.14. The van der Waals surface area contributed by atoms with E-state index in [0.717, 1.165) is 38.7 Å². The van der Waals surface area contributed by atoms with E-state index in [1.54, 1.807) is 0 Å². The van der Waals surface area contributed by atoms with Gasteiger partial charge in [0.2, 0.25) is 5.91 Å². The van der Waals surface area contributed by atoms with E-state index < -0.39 is 0 Å². The fraction of sp³-hybridized carbons (Fsp3) is 0.933. The van der Waals surface area contributed by atoms with Gasteiger partial charge in [0, 0.05) is 25.6 Å². The van der Waals surface area contributed by atoms with Crippen LogP contribution in [0.5, 0.6) is 0 Å². The van der Waals surface area contributed by atoms with E-state index in [-0.39, 0.29) is 18.6 Å². The van der Waals surface area contributed by atoms with Gasteiger partial charge in [0.25, 0.3) is 0 Å². The highest BCUT2D eigenvalue weighted by molar-refractivity contribution is 5.76. The third-order valence-corrected chi connectivity index (χ3v) is 4.38. The van der Waals surface area contributed by atoms with E-state index in [1.807, 2.05) is 4.90 Å². The summed E-state index contributed by atoms with van der Waals surface area (Å²) in [6.07, 6.45) is 9.79. The molecule has 1 saturated heterocycles. The van der Waals surface area contributed by atoms with Crippen LogP contribution in [0.4, 0.5) is 0 Å². The summed E-state index contributed by atoms with van der Waals surface area (Å²) in [5.41, 5.74) is 0. The predicted octanol–water partition coefficient (Wildman–Crippen LogP) is 2.10. The van der Waals surface area contributed by atoms with Gasteiger partial charge in [0.1, 0.15) is 0 Å². The summed E-state index contributed by atoms with van der Waals surface area (Å²) in [4.78, 5) is 14.2. The van der Waals surface area contributed by atoms with Crippen LogP contribution in [0.15, 0.2) is 0 Å². The van der Waals surface area contributed by atoms with Crippen molar-refractivity contribution < 1.29 is 14.6 Å². The summed E-state index contributed by atoms with van der Waals surface area (Å²) in [6.45, 7) is 1.42. The van der Waals surface area contributed by atoms with Crippen molar-refractivity contribution in [2.45, 2.75) is 69.9 Å². The van der Waals surface area contributed by atoms with Crippen LogP contribution in [0.2, 0.25) is 0 Å². The van der Waals surface area contributed by atoms with E-state index >= 15 is 0 Å². The van der Waals surface area contributed by atoms with Crippen molar-refractivity contribution in [3.63, 3.8) is 0 Å². The van der Waals surface area contributed by atoms with Gasteiger partial charge in [-0.15, -0.1) is 0 Å². The molecule has 2 rings (SSSR count). The number of rotatable bonds is 6. The SMILES string of the molecule is O=C(CCC1CCCCO1)N(CCO)C1CCCC1. The molecule has 4 nitrogen and oxygen atoms in total. The molecule has 1 aliphatic heterocycles. The Labute approximate surface area is 116 Å². The summed E-state index contributed by atoms with van der Waals surface area (Å²) in [7, 11) is 0. The molecule has 0 aromatic carbocycles. The molecule has 1 N–H and O–H groups in total. The highest BCUT2D eigenvalue weighted by atomic mass is 16.5. The van der Waals surface area contributed by atoms with Crippen molar-refractivity contribution >= 4 is 5.91 Å². The Morgan fingerprint density at radius 2 is 1.89 bits per heavy atom. The minimum Gasteiger partial charge on any atom is -0.395 e. The van der Waals surface area contributed by atoms with Gasteiger partial charge in [-0.1, -0.05) is 12.8 Å². The zero-order valence-corrected chi connectivity index (χ0v) is 11.9. The monoisotopic (exact) mass is 269 g/mol. The van der Waals surface area contributed by atoms with Crippen molar-refractivity contribution in [1.29, 1.82) is 0 Å². The van der Waals surface area contributed by atoms with Crippen molar-refractivity contribution in [1.82, 2.24) is 4.90 Å². The highest BCUT2D eigenvalue weighted by Gasteiger charge is 2.26. The van der Waals surface area contributed by atoms with Crippen LogP contribution < -0.4 is 0 Å². The third kappa shape index (κ3) is 4.46. The lowest BCUT2D eigenvalue weighted by molar-refractivity contribution is -0.135. The number of nitrogens with zero attached hydrogens (tertiary/aromatic N) is 1. The Morgan fingerprint density at radius 3 is 2.53 bits per heavy atom. The number of amides is 1. The minimum absolute atomic E-state index is 0.0716. The summed E-state index contributed by atoms with van der Waals surface area (Å²) < 4.78 is 5.67. The van der Waals surface area contributed by atoms with Crippen LogP contribution in [-0.2, 0) is 9.53 Å². The van der Waals surface area contributed by atoms with E-state index in [2.05, 4.69) is 0 Å². The molecule has 1 amide bonds. The lowest BCUT2D eigenvalue weighted by atomic mass is 10.0. The number of carbonyl (C=O) groups is 1. The first kappa shape index (κ1) is 14.8. The van der Waals surface area contributed by atoms with Crippen LogP contribution in [0, 0.1) is 0 Å². The van der Waals surface area contributed by atoms with E-state index in [9.17, 15) is 4.79 Å². The minimum atomic E-state index is 0.0716. The standard InChI is InChI=1S/C15H27NO3/c17-11-10-16(13-5-1-2-6-13)15(18)9-8-14-7-3-4-12-19-14/h13-14,17H,1-12H2. The summed E-state index contributed by atoms with van der Waals surface area (Å²) >= 11 is 0. The third-order valence-electron chi connectivity index (χ3n) is 4.38. The highest BCUT2D eigenvalue weighted by Crippen LogP contribution is 2.25. The van der Waals surface area contributed by atoms with Crippen LogP contribution in [0.3, 0.4) is 0 Å². The normalized spacial score (nSPS) is 24.6. The predicted molar refractivity (Wildman–Crippen MR) is 73.9 cm³/mol. The number of ether oxygens (including phenoxy) is 1. The van der Waals surface area contributed by atoms with Crippen LogP contribution in [0.25, 0.3) is 0 Å². The second-order valence-corrected chi connectivity index (χ2v) is 5.78. The number of carbonyl (C=O) groups excluding carboxylic acids is 1. The Balaban J connectivity index is 1.77. The lowest BCUT2D eigenvalue weighted by Crippen LogP contribution is -2.41. The first-order valence-electron chi connectivity index (χ1n) is 7.83. The Morgan fingerprint density at radius 1 is 1.16 bits per heavy atom. The summed E-state index contributed by atoms with van der Waals surface area (Å²) in [5.74, 6) is 0.204. The van der Waals surface area contributed by atoms with Gasteiger partial charge in [-0.3, -0.25) is 4.79 Å². The maximum Gasteiger partial charge on any atom is 0.222 e. The quantitative estimate of drug-likeness (QED) is 0.803. The van der Waals surface area contributed by atoms with Crippen LogP contribution in [-0.4, -0.2) is 47.8 Å². The molecule has 110 valence electrons. The molecule has 1 aliphatic carbocycles. The van der Waals surface area contributed by atoms with Gasteiger partial charge >= 0.3 is 0 Å². The first-order valence-corrected chi connectivity index (χ1v) is 7.83. The molecule has 0 aromatic heterocycles. The largest absolute Gasteiger partial charge is 0.395 e. The van der Waals surface area contributed by atoms with Crippen LogP contribution in [0.1, 0.15) is 57.8 Å². The molecular weight excluding hydrogens is 242 g/mol. The van der Waals surface area contributed by atoms with Crippen LogP contribution >= 0.6 is 0 Å². The van der Waals surface area contributed by atoms with Crippen molar-refractivity contribution in [2.75, 3.05) is 19.8 Å². The topological polar surface area (TPSA) is 49.8 Å². The average molecular weight is 269 g/mol. The molecule has 2 aliphatic rings. The zero-order chi connectivity index (χ0) is 13.5. The first-order chi connectivity index (χ1) is 9.31. The van der Waals surface area contributed by atoms with E-state index in [0.29, 0.717) is 19.0 Å². The number of hydrogen-bond donors (Lipinski definition) is 1. The van der Waals surface area contributed by atoms with Crippen molar-refractivity contribution in [3.05, 3.63) is 0 Å². The molecule has 1 unspecified atom stereocenters. The van der Waals surface area contributed by atoms with E-state index in [1.165, 1.54) is 19.3 Å². The number of aliphatic hydroxyl groups is 1. The Bertz CT molecular complexity index is 271. The van der Waals surface area contributed by atoms with Gasteiger partial charge in [-0.25, -0.2) is 0 Å². The molecule has 1 saturated carbocycles. The Hall–Kier alpha value is -0.610. The second-order valence-electron chi connectivity index (χ2n) is 5.78. The van der Waals surface area contributed by atoms with Gasteiger partial charge in [0.05, 0.1) is 12.7 Å². The molecule has 0 radical (unpaired) electrons. The van der Waals surface area contributed by atoms with Gasteiger partial charge < -0.3 is 14.7 Å². The summed E-state index contributed by atoms with van der Waals surface area (Å²) in [6, 6.07) is 0.368. The number of hydrogen-bond acceptors (Lipinski definition) is 3. The molecule has 0 spiro atoms. The fourth-order valence-electron chi connectivity index (χ4n) is 3.30. The zero-order valence-electron chi connectivity index (χ0n) is 11.9. The van der Waals surface area contributed by atoms with E-state index in [4.69, 9.17) is 9.84 Å². The molecule has 4 heteroatoms. The fourth-order valence-corrected chi connectivity index (χ4v) is 3.30. The maximum atomic E-state index is 12.3. The van der Waals surface area contributed by atoms with Gasteiger partial charge in [-0.05, 0) is 38.5 Å². The van der Waals surface area contributed by atoms with Gasteiger partial charge in [0.15, 0.2) is 0 Å². The lowest BCUT2D eigenvalue weighted by Gasteiger charge is -2.29. The molecule has 0 bridgehead atoms. The average Bonchev–Trinajstić information content (AvgIpc) is 2.97. The van der Waals surface area contributed by atoms with Gasteiger partial charge in [-0.2, -0.15) is 0 Å². The smallest absolute Gasteiger partial charge is 0.222 e.